The van der Waals surface area contributed by atoms with E-state index in [4.69, 9.17) is 11.6 Å². The van der Waals surface area contributed by atoms with Crippen molar-refractivity contribution >= 4 is 29.2 Å². The zero-order valence-corrected chi connectivity index (χ0v) is 9.60. The number of carbonyl (C=O) groups is 1. The van der Waals surface area contributed by atoms with Gasteiger partial charge in [-0.1, -0.05) is 17.7 Å². The average molecular weight is 238 g/mol. The molecule has 1 heterocycles. The SMILES string of the molecule is Cc1cc(Cl)ccc1-c1ncc(C=O)s1. The van der Waals surface area contributed by atoms with Crippen molar-refractivity contribution in [1.82, 2.24) is 4.98 Å². The monoisotopic (exact) mass is 237 g/mol. The first-order valence-corrected chi connectivity index (χ1v) is 5.57. The quantitative estimate of drug-likeness (QED) is 0.748. The molecule has 1 aromatic carbocycles. The lowest BCUT2D eigenvalue weighted by atomic mass is 10.1. The van der Waals surface area contributed by atoms with Gasteiger partial charge in [-0.15, -0.1) is 11.3 Å². The van der Waals surface area contributed by atoms with Crippen LogP contribution in [0.4, 0.5) is 0 Å². The number of thiazole rings is 1. The fourth-order valence-corrected chi connectivity index (χ4v) is 2.38. The van der Waals surface area contributed by atoms with E-state index in [-0.39, 0.29) is 0 Å². The van der Waals surface area contributed by atoms with Crippen molar-refractivity contribution in [3.05, 3.63) is 39.9 Å². The molecule has 76 valence electrons. The van der Waals surface area contributed by atoms with Gasteiger partial charge in [-0.25, -0.2) is 4.98 Å². The van der Waals surface area contributed by atoms with Gasteiger partial charge < -0.3 is 0 Å². The van der Waals surface area contributed by atoms with Crippen LogP contribution in [0.15, 0.2) is 24.4 Å². The molecule has 0 aliphatic carbocycles. The number of aldehydes is 1. The molecule has 1 aromatic heterocycles. The highest BCUT2D eigenvalue weighted by molar-refractivity contribution is 7.16. The lowest BCUT2D eigenvalue weighted by Gasteiger charge is -2.01. The van der Waals surface area contributed by atoms with Crippen molar-refractivity contribution in [2.75, 3.05) is 0 Å². The highest BCUT2D eigenvalue weighted by atomic mass is 35.5. The molecule has 2 aromatic rings. The molecular formula is C11H8ClNOS. The van der Waals surface area contributed by atoms with Gasteiger partial charge in [0.1, 0.15) is 5.01 Å². The number of hydrogen-bond donors (Lipinski definition) is 0. The molecule has 0 atom stereocenters. The van der Waals surface area contributed by atoms with E-state index in [2.05, 4.69) is 4.98 Å². The molecule has 0 spiro atoms. The van der Waals surface area contributed by atoms with Crippen LogP contribution in [0.2, 0.25) is 5.02 Å². The van der Waals surface area contributed by atoms with Gasteiger partial charge >= 0.3 is 0 Å². The second kappa shape index (κ2) is 4.13. The van der Waals surface area contributed by atoms with Crippen LogP contribution in [-0.4, -0.2) is 11.3 Å². The van der Waals surface area contributed by atoms with E-state index >= 15 is 0 Å². The summed E-state index contributed by atoms with van der Waals surface area (Å²) >= 11 is 7.25. The van der Waals surface area contributed by atoms with Gasteiger partial charge in [-0.05, 0) is 24.6 Å². The maximum Gasteiger partial charge on any atom is 0.161 e. The van der Waals surface area contributed by atoms with Crippen LogP contribution in [0.3, 0.4) is 0 Å². The predicted molar refractivity (Wildman–Crippen MR) is 62.7 cm³/mol. The molecule has 15 heavy (non-hydrogen) atoms. The molecule has 0 saturated carbocycles. The van der Waals surface area contributed by atoms with Gasteiger partial charge in [-0.2, -0.15) is 0 Å². The fraction of sp³-hybridized carbons (Fsp3) is 0.0909. The van der Waals surface area contributed by atoms with E-state index in [1.54, 1.807) is 6.20 Å². The van der Waals surface area contributed by atoms with Gasteiger partial charge in [0.2, 0.25) is 0 Å². The molecule has 0 bridgehead atoms. The number of carbonyl (C=O) groups excluding carboxylic acids is 1. The summed E-state index contributed by atoms with van der Waals surface area (Å²) in [5.41, 5.74) is 2.09. The van der Waals surface area contributed by atoms with Crippen LogP contribution in [0.25, 0.3) is 10.6 Å². The van der Waals surface area contributed by atoms with Gasteiger partial charge in [0.25, 0.3) is 0 Å². The lowest BCUT2D eigenvalue weighted by Crippen LogP contribution is -1.81. The average Bonchev–Trinajstić information content (AvgIpc) is 2.66. The zero-order chi connectivity index (χ0) is 10.8. The summed E-state index contributed by atoms with van der Waals surface area (Å²) in [6.45, 7) is 1.98. The second-order valence-electron chi connectivity index (χ2n) is 3.14. The molecule has 0 unspecified atom stereocenters. The Hall–Kier alpha value is -1.19. The summed E-state index contributed by atoms with van der Waals surface area (Å²) in [4.78, 5) is 15.4. The van der Waals surface area contributed by atoms with E-state index in [0.29, 0.717) is 9.90 Å². The summed E-state index contributed by atoms with van der Waals surface area (Å²) < 4.78 is 0. The molecule has 4 heteroatoms. The summed E-state index contributed by atoms with van der Waals surface area (Å²) in [5.74, 6) is 0. The molecule has 0 fully saturated rings. The summed E-state index contributed by atoms with van der Waals surface area (Å²) in [5, 5.41) is 1.56. The highest BCUT2D eigenvalue weighted by Crippen LogP contribution is 2.28. The third kappa shape index (κ3) is 2.08. The Kier molecular flexibility index (Phi) is 2.84. The molecule has 0 amide bonds. The normalized spacial score (nSPS) is 10.3. The number of benzene rings is 1. The summed E-state index contributed by atoms with van der Waals surface area (Å²) in [7, 11) is 0. The Bertz CT molecular complexity index is 507. The van der Waals surface area contributed by atoms with Crippen LogP contribution >= 0.6 is 22.9 Å². The molecule has 0 saturated heterocycles. The number of aryl methyl sites for hydroxylation is 1. The number of hydrogen-bond acceptors (Lipinski definition) is 3. The molecule has 0 radical (unpaired) electrons. The van der Waals surface area contributed by atoms with E-state index in [9.17, 15) is 4.79 Å². The zero-order valence-electron chi connectivity index (χ0n) is 8.03. The minimum Gasteiger partial charge on any atom is -0.297 e. The molecule has 2 nitrogen and oxygen atoms in total. The first-order valence-electron chi connectivity index (χ1n) is 4.38. The second-order valence-corrected chi connectivity index (χ2v) is 4.64. The number of rotatable bonds is 2. The van der Waals surface area contributed by atoms with Crippen LogP contribution in [0, 0.1) is 6.92 Å². The number of aromatic nitrogens is 1. The first kappa shape index (κ1) is 10.3. The van der Waals surface area contributed by atoms with Gasteiger partial charge in [0.15, 0.2) is 6.29 Å². The Labute approximate surface area is 96.5 Å². The first-order chi connectivity index (χ1) is 7.20. The highest BCUT2D eigenvalue weighted by Gasteiger charge is 2.07. The van der Waals surface area contributed by atoms with E-state index in [1.165, 1.54) is 11.3 Å². The van der Waals surface area contributed by atoms with Crippen LogP contribution < -0.4 is 0 Å². The van der Waals surface area contributed by atoms with Gasteiger partial charge in [-0.3, -0.25) is 4.79 Å². The van der Waals surface area contributed by atoms with E-state index in [1.807, 2.05) is 25.1 Å². The van der Waals surface area contributed by atoms with Crippen molar-refractivity contribution in [2.45, 2.75) is 6.92 Å². The van der Waals surface area contributed by atoms with Crippen molar-refractivity contribution in [3.8, 4) is 10.6 Å². The molecule has 0 aliphatic rings. The van der Waals surface area contributed by atoms with E-state index in [0.717, 1.165) is 22.4 Å². The third-order valence-corrected chi connectivity index (χ3v) is 3.25. The Morgan fingerprint density at radius 2 is 2.27 bits per heavy atom. The lowest BCUT2D eigenvalue weighted by molar-refractivity contribution is 0.112. The minimum atomic E-state index is 0.638. The van der Waals surface area contributed by atoms with Crippen LogP contribution in [-0.2, 0) is 0 Å². The minimum absolute atomic E-state index is 0.638. The molecular weight excluding hydrogens is 230 g/mol. The fourth-order valence-electron chi connectivity index (χ4n) is 1.33. The summed E-state index contributed by atoms with van der Waals surface area (Å²) in [6, 6.07) is 5.63. The van der Waals surface area contributed by atoms with Gasteiger partial charge in [0, 0.05) is 16.8 Å². The molecule has 0 aliphatic heterocycles. The third-order valence-electron chi connectivity index (χ3n) is 2.06. The largest absolute Gasteiger partial charge is 0.297 e. The van der Waals surface area contributed by atoms with Crippen molar-refractivity contribution in [2.24, 2.45) is 0 Å². The van der Waals surface area contributed by atoms with E-state index < -0.39 is 0 Å². The number of halogens is 1. The molecule has 0 N–H and O–H groups in total. The van der Waals surface area contributed by atoms with Crippen molar-refractivity contribution in [1.29, 1.82) is 0 Å². The number of nitrogens with zero attached hydrogens (tertiary/aromatic N) is 1. The van der Waals surface area contributed by atoms with Crippen LogP contribution in [0.1, 0.15) is 15.2 Å². The Morgan fingerprint density at radius 3 is 2.87 bits per heavy atom. The van der Waals surface area contributed by atoms with Crippen LogP contribution in [0.5, 0.6) is 0 Å². The van der Waals surface area contributed by atoms with Crippen molar-refractivity contribution in [3.63, 3.8) is 0 Å². The van der Waals surface area contributed by atoms with Crippen molar-refractivity contribution < 1.29 is 4.79 Å². The topological polar surface area (TPSA) is 30.0 Å². The maximum atomic E-state index is 10.5. The smallest absolute Gasteiger partial charge is 0.161 e. The Balaban J connectivity index is 2.49. The summed E-state index contributed by atoms with van der Waals surface area (Å²) in [6.07, 6.45) is 2.40. The molecule has 2 rings (SSSR count). The predicted octanol–water partition coefficient (Wildman–Crippen LogP) is 3.58. The van der Waals surface area contributed by atoms with Gasteiger partial charge in [0.05, 0.1) is 4.88 Å². The maximum absolute atomic E-state index is 10.5. The standard InChI is InChI=1S/C11H8ClNOS/c1-7-4-8(12)2-3-10(7)11-13-5-9(6-14)15-11/h2-6H,1H3. The Morgan fingerprint density at radius 1 is 1.47 bits per heavy atom.